The highest BCUT2D eigenvalue weighted by Gasteiger charge is 2.20. The van der Waals surface area contributed by atoms with Gasteiger partial charge in [0, 0.05) is 6.61 Å². The van der Waals surface area contributed by atoms with Gasteiger partial charge < -0.3 is 19.3 Å². The average molecular weight is 244 g/mol. The summed E-state index contributed by atoms with van der Waals surface area (Å²) in [5, 5.41) is 9.37. The molecule has 1 aliphatic heterocycles. The minimum absolute atomic E-state index is 0.0134. The van der Waals surface area contributed by atoms with Crippen LogP contribution < -0.4 is 0 Å². The lowest BCUT2D eigenvalue weighted by atomic mass is 9.95. The summed E-state index contributed by atoms with van der Waals surface area (Å²) in [6, 6.07) is 0. The second-order valence-corrected chi connectivity index (χ2v) is 4.97. The molecule has 2 fully saturated rings. The first-order valence-corrected chi connectivity index (χ1v) is 6.87. The number of hydrogen-bond donors (Lipinski definition) is 1. The SMILES string of the molecule is OC1CCC(OCCOC2CCCCO2)CC1. The predicted octanol–water partition coefficient (Wildman–Crippen LogP) is 1.85. The molecule has 1 N–H and O–H groups in total. The minimum atomic E-state index is -0.110. The van der Waals surface area contributed by atoms with E-state index in [1.165, 1.54) is 6.42 Å². The lowest BCUT2D eigenvalue weighted by molar-refractivity contribution is -0.172. The van der Waals surface area contributed by atoms with Gasteiger partial charge in [0.25, 0.3) is 0 Å². The average Bonchev–Trinajstić information content (AvgIpc) is 2.38. The fraction of sp³-hybridized carbons (Fsp3) is 1.00. The molecule has 0 spiro atoms. The van der Waals surface area contributed by atoms with E-state index in [4.69, 9.17) is 14.2 Å². The molecule has 0 amide bonds. The van der Waals surface area contributed by atoms with Crippen LogP contribution in [0.4, 0.5) is 0 Å². The van der Waals surface area contributed by atoms with Crippen LogP contribution in [0.5, 0.6) is 0 Å². The van der Waals surface area contributed by atoms with Crippen molar-refractivity contribution in [3.63, 3.8) is 0 Å². The van der Waals surface area contributed by atoms with Gasteiger partial charge in [-0.25, -0.2) is 0 Å². The summed E-state index contributed by atoms with van der Waals surface area (Å²) in [6.45, 7) is 2.08. The Morgan fingerprint density at radius 3 is 2.41 bits per heavy atom. The van der Waals surface area contributed by atoms with Gasteiger partial charge in [0.1, 0.15) is 0 Å². The molecule has 17 heavy (non-hydrogen) atoms. The number of aliphatic hydroxyl groups excluding tert-OH is 1. The summed E-state index contributed by atoms with van der Waals surface area (Å²) in [7, 11) is 0. The van der Waals surface area contributed by atoms with Crippen molar-refractivity contribution in [1.82, 2.24) is 0 Å². The minimum Gasteiger partial charge on any atom is -0.393 e. The zero-order valence-corrected chi connectivity index (χ0v) is 10.5. The van der Waals surface area contributed by atoms with Crippen LogP contribution >= 0.6 is 0 Å². The molecule has 1 saturated carbocycles. The van der Waals surface area contributed by atoms with Crippen molar-refractivity contribution in [2.45, 2.75) is 63.4 Å². The smallest absolute Gasteiger partial charge is 0.157 e. The third-order valence-corrected chi connectivity index (χ3v) is 3.52. The normalized spacial score (nSPS) is 34.8. The van der Waals surface area contributed by atoms with Crippen LogP contribution in [0.1, 0.15) is 44.9 Å². The van der Waals surface area contributed by atoms with Gasteiger partial charge in [-0.2, -0.15) is 0 Å². The molecule has 1 aliphatic carbocycles. The fourth-order valence-electron chi connectivity index (χ4n) is 2.45. The van der Waals surface area contributed by atoms with E-state index in [-0.39, 0.29) is 12.4 Å². The van der Waals surface area contributed by atoms with Crippen molar-refractivity contribution in [2.75, 3.05) is 19.8 Å². The molecular formula is C13H24O4. The summed E-state index contributed by atoms with van der Waals surface area (Å²) in [5.41, 5.74) is 0. The molecule has 4 heteroatoms. The Labute approximate surface area is 103 Å². The first-order chi connectivity index (χ1) is 8.34. The molecule has 0 aromatic heterocycles. The lowest BCUT2D eigenvalue weighted by Gasteiger charge is -2.26. The standard InChI is InChI=1S/C13H24O4/c14-11-4-6-12(7-5-11)15-9-10-17-13-3-1-2-8-16-13/h11-14H,1-10H2. The number of rotatable bonds is 5. The third-order valence-electron chi connectivity index (χ3n) is 3.52. The van der Waals surface area contributed by atoms with Crippen LogP contribution in [0.2, 0.25) is 0 Å². The second kappa shape index (κ2) is 7.31. The Balaban J connectivity index is 1.48. The zero-order chi connectivity index (χ0) is 11.9. The molecule has 0 radical (unpaired) electrons. The van der Waals surface area contributed by atoms with Gasteiger partial charge in [0.05, 0.1) is 25.4 Å². The lowest BCUT2D eigenvalue weighted by Crippen LogP contribution is -2.27. The Bertz CT molecular complexity index is 196. The first-order valence-electron chi connectivity index (χ1n) is 6.87. The first kappa shape index (κ1) is 13.3. The Morgan fingerprint density at radius 2 is 1.71 bits per heavy atom. The molecule has 1 unspecified atom stereocenters. The van der Waals surface area contributed by atoms with E-state index in [1.54, 1.807) is 0 Å². The van der Waals surface area contributed by atoms with Gasteiger partial charge >= 0.3 is 0 Å². The Hall–Kier alpha value is -0.160. The molecule has 100 valence electrons. The maximum atomic E-state index is 9.37. The van der Waals surface area contributed by atoms with Gasteiger partial charge in [0.2, 0.25) is 0 Å². The molecule has 0 aromatic rings. The molecule has 1 heterocycles. The molecule has 1 atom stereocenters. The van der Waals surface area contributed by atoms with Crippen LogP contribution in [-0.4, -0.2) is 43.4 Å². The maximum Gasteiger partial charge on any atom is 0.157 e. The topological polar surface area (TPSA) is 47.9 Å². The van der Waals surface area contributed by atoms with E-state index in [1.807, 2.05) is 0 Å². The molecule has 2 aliphatic rings. The molecule has 1 saturated heterocycles. The van der Waals surface area contributed by atoms with E-state index in [9.17, 15) is 5.11 Å². The largest absolute Gasteiger partial charge is 0.393 e. The van der Waals surface area contributed by atoms with Crippen LogP contribution in [0.3, 0.4) is 0 Å². The van der Waals surface area contributed by atoms with Crippen molar-refractivity contribution >= 4 is 0 Å². The summed E-state index contributed by atoms with van der Waals surface area (Å²) in [5.74, 6) is 0. The molecule has 2 rings (SSSR count). The molecule has 4 nitrogen and oxygen atoms in total. The van der Waals surface area contributed by atoms with Gasteiger partial charge in [-0.15, -0.1) is 0 Å². The summed E-state index contributed by atoms with van der Waals surface area (Å²) >= 11 is 0. The monoisotopic (exact) mass is 244 g/mol. The molecule has 0 bridgehead atoms. The van der Waals surface area contributed by atoms with E-state index < -0.39 is 0 Å². The summed E-state index contributed by atoms with van der Waals surface area (Å²) < 4.78 is 16.8. The van der Waals surface area contributed by atoms with Crippen LogP contribution in [-0.2, 0) is 14.2 Å². The van der Waals surface area contributed by atoms with Crippen molar-refractivity contribution < 1.29 is 19.3 Å². The third kappa shape index (κ3) is 4.92. The Morgan fingerprint density at radius 1 is 0.941 bits per heavy atom. The van der Waals surface area contributed by atoms with Gasteiger partial charge in [-0.3, -0.25) is 0 Å². The quantitative estimate of drug-likeness (QED) is 0.750. The van der Waals surface area contributed by atoms with E-state index in [2.05, 4.69) is 0 Å². The highest BCUT2D eigenvalue weighted by Crippen LogP contribution is 2.21. The predicted molar refractivity (Wildman–Crippen MR) is 63.8 cm³/mol. The Kier molecular flexibility index (Phi) is 5.71. The zero-order valence-electron chi connectivity index (χ0n) is 10.5. The maximum absolute atomic E-state index is 9.37. The number of aliphatic hydroxyl groups is 1. The van der Waals surface area contributed by atoms with Crippen molar-refractivity contribution in [3.05, 3.63) is 0 Å². The van der Waals surface area contributed by atoms with Crippen LogP contribution in [0.15, 0.2) is 0 Å². The highest BCUT2D eigenvalue weighted by atomic mass is 16.7. The van der Waals surface area contributed by atoms with Gasteiger partial charge in [-0.1, -0.05) is 0 Å². The van der Waals surface area contributed by atoms with Crippen molar-refractivity contribution in [1.29, 1.82) is 0 Å². The second-order valence-electron chi connectivity index (χ2n) is 4.97. The summed E-state index contributed by atoms with van der Waals surface area (Å²) in [6.07, 6.45) is 7.25. The summed E-state index contributed by atoms with van der Waals surface area (Å²) in [4.78, 5) is 0. The van der Waals surface area contributed by atoms with E-state index in [0.717, 1.165) is 45.1 Å². The van der Waals surface area contributed by atoms with E-state index in [0.29, 0.717) is 19.3 Å². The van der Waals surface area contributed by atoms with Crippen LogP contribution in [0, 0.1) is 0 Å². The number of ether oxygens (including phenoxy) is 3. The molecular weight excluding hydrogens is 220 g/mol. The van der Waals surface area contributed by atoms with E-state index >= 15 is 0 Å². The van der Waals surface area contributed by atoms with Crippen molar-refractivity contribution in [3.8, 4) is 0 Å². The molecule has 0 aromatic carbocycles. The fourth-order valence-corrected chi connectivity index (χ4v) is 2.45. The van der Waals surface area contributed by atoms with Gasteiger partial charge in [0.15, 0.2) is 6.29 Å². The van der Waals surface area contributed by atoms with Crippen LogP contribution in [0.25, 0.3) is 0 Å². The highest BCUT2D eigenvalue weighted by molar-refractivity contribution is 4.71. The number of hydrogen-bond acceptors (Lipinski definition) is 4. The van der Waals surface area contributed by atoms with Gasteiger partial charge in [-0.05, 0) is 44.9 Å². The van der Waals surface area contributed by atoms with Crippen molar-refractivity contribution in [2.24, 2.45) is 0 Å².